The third-order valence-electron chi connectivity index (χ3n) is 10.2. The zero-order valence-corrected chi connectivity index (χ0v) is 26.1. The van der Waals surface area contributed by atoms with Crippen LogP contribution in [0.25, 0.3) is 0 Å². The van der Waals surface area contributed by atoms with E-state index in [1.165, 1.54) is 42.4 Å². The second kappa shape index (κ2) is 15.6. The molecule has 2 fully saturated rings. The van der Waals surface area contributed by atoms with Crippen LogP contribution in [-0.2, 0) is 20.8 Å². The van der Waals surface area contributed by atoms with Gasteiger partial charge in [-0.25, -0.2) is 0 Å². The average molecular weight is 559 g/mol. The van der Waals surface area contributed by atoms with E-state index in [-0.39, 0.29) is 23.3 Å². The van der Waals surface area contributed by atoms with E-state index >= 15 is 0 Å². The minimum absolute atomic E-state index is 0.0196. The fourth-order valence-electron chi connectivity index (χ4n) is 6.88. The molecule has 0 saturated heterocycles. The van der Waals surface area contributed by atoms with Crippen LogP contribution < -0.4 is 0 Å². The van der Waals surface area contributed by atoms with E-state index in [4.69, 9.17) is 0 Å². The van der Waals surface area contributed by atoms with Gasteiger partial charge in [0, 0.05) is 25.2 Å². The predicted octanol–water partition coefficient (Wildman–Crippen LogP) is 9.70. The minimum atomic E-state index is -0.794. The van der Waals surface area contributed by atoms with Crippen molar-refractivity contribution in [1.82, 2.24) is 0 Å². The van der Waals surface area contributed by atoms with Crippen molar-refractivity contribution in [2.45, 2.75) is 123 Å². The number of carbonyl (C=O) groups is 3. The molecule has 0 aliphatic heterocycles. The van der Waals surface area contributed by atoms with Gasteiger partial charge in [-0.1, -0.05) is 94.2 Å². The molecule has 3 nitrogen and oxygen atoms in total. The number of allylic oxidation sites excluding steroid dienone is 3. The third-order valence-corrected chi connectivity index (χ3v) is 10.2. The molecular formula is C38H54O3. The van der Waals surface area contributed by atoms with E-state index in [1.54, 1.807) is 13.0 Å². The van der Waals surface area contributed by atoms with E-state index in [9.17, 15) is 14.4 Å². The summed E-state index contributed by atoms with van der Waals surface area (Å²) in [6.45, 7) is 19.0. The first kappa shape index (κ1) is 33.0. The molecule has 3 rings (SSSR count). The van der Waals surface area contributed by atoms with Crippen molar-refractivity contribution in [3.8, 4) is 0 Å². The van der Waals surface area contributed by atoms with Crippen LogP contribution in [0.2, 0.25) is 0 Å². The topological polar surface area (TPSA) is 51.2 Å². The first-order chi connectivity index (χ1) is 19.6. The number of benzene rings is 1. The number of unbranched alkanes of at least 4 members (excludes halogenated alkanes) is 1. The Balaban J connectivity index is 1.65. The Bertz CT molecular complexity index is 1080. The third kappa shape index (κ3) is 8.97. The van der Waals surface area contributed by atoms with Crippen molar-refractivity contribution in [3.05, 3.63) is 72.4 Å². The Labute approximate surface area is 250 Å². The summed E-state index contributed by atoms with van der Waals surface area (Å²) in [5.41, 5.74) is 4.13. The lowest BCUT2D eigenvalue weighted by Gasteiger charge is -2.40. The van der Waals surface area contributed by atoms with Crippen molar-refractivity contribution >= 4 is 17.3 Å². The van der Waals surface area contributed by atoms with Gasteiger partial charge >= 0.3 is 0 Å². The second-order valence-electron chi connectivity index (χ2n) is 13.3. The van der Waals surface area contributed by atoms with Gasteiger partial charge < -0.3 is 4.79 Å². The van der Waals surface area contributed by atoms with Crippen LogP contribution in [0.4, 0.5) is 0 Å². The fourth-order valence-corrected chi connectivity index (χ4v) is 6.88. The molecule has 0 bridgehead atoms. The Morgan fingerprint density at radius 2 is 1.63 bits per heavy atom. The number of carbonyl (C=O) groups excluding carboxylic acids is 3. The Hall–Kier alpha value is -2.55. The van der Waals surface area contributed by atoms with Gasteiger partial charge in [0.2, 0.25) is 0 Å². The maximum atomic E-state index is 13.6. The highest BCUT2D eigenvalue weighted by molar-refractivity contribution is 6.08. The molecule has 3 heteroatoms. The van der Waals surface area contributed by atoms with Crippen LogP contribution in [0.3, 0.4) is 0 Å². The highest BCUT2D eigenvalue weighted by atomic mass is 16.2. The quantitative estimate of drug-likeness (QED) is 0.102. The van der Waals surface area contributed by atoms with E-state index in [2.05, 4.69) is 57.8 Å². The van der Waals surface area contributed by atoms with Gasteiger partial charge in [0.15, 0.2) is 0 Å². The molecule has 2 aliphatic carbocycles. The minimum Gasteiger partial charge on any atom is -0.300 e. The molecule has 2 atom stereocenters. The van der Waals surface area contributed by atoms with Gasteiger partial charge in [-0.15, -0.1) is 6.58 Å². The number of rotatable bonds is 18. The van der Waals surface area contributed by atoms with E-state index in [0.29, 0.717) is 50.4 Å². The Kier molecular flexibility index (Phi) is 12.6. The van der Waals surface area contributed by atoms with Gasteiger partial charge in [0.25, 0.3) is 0 Å². The first-order valence-electron chi connectivity index (χ1n) is 16.2. The molecule has 1 unspecified atom stereocenters. The SMILES string of the molecule is C=CCCC(=O)C1(C(=O)C[C@@H](CCCCC(C)=O)C(=C)Cc2ccc(C(C)C(=C)C3CCC(C)CC3)cc2)CCC1. The summed E-state index contributed by atoms with van der Waals surface area (Å²) in [6, 6.07) is 8.87. The van der Waals surface area contributed by atoms with Gasteiger partial charge in [0.05, 0.1) is 5.41 Å². The summed E-state index contributed by atoms with van der Waals surface area (Å²) < 4.78 is 0. The summed E-state index contributed by atoms with van der Waals surface area (Å²) in [7, 11) is 0. The molecule has 0 amide bonds. The van der Waals surface area contributed by atoms with Gasteiger partial charge in [-0.2, -0.15) is 0 Å². The lowest BCUT2D eigenvalue weighted by Crippen LogP contribution is -2.45. The van der Waals surface area contributed by atoms with Gasteiger partial charge in [0.1, 0.15) is 17.3 Å². The van der Waals surface area contributed by atoms with Crippen LogP contribution in [0.15, 0.2) is 61.2 Å². The summed E-state index contributed by atoms with van der Waals surface area (Å²) in [6.07, 6.45) is 14.4. The molecule has 1 aromatic carbocycles. The molecule has 2 saturated carbocycles. The maximum Gasteiger partial charge on any atom is 0.147 e. The lowest BCUT2D eigenvalue weighted by atomic mass is 9.60. The molecule has 224 valence electrons. The summed E-state index contributed by atoms with van der Waals surface area (Å²) in [5, 5.41) is 0. The van der Waals surface area contributed by atoms with Crippen molar-refractivity contribution in [1.29, 1.82) is 0 Å². The molecule has 0 radical (unpaired) electrons. The van der Waals surface area contributed by atoms with Crippen LogP contribution >= 0.6 is 0 Å². The van der Waals surface area contributed by atoms with Crippen LogP contribution in [0, 0.1) is 23.2 Å². The second-order valence-corrected chi connectivity index (χ2v) is 13.3. The molecule has 2 aliphatic rings. The number of hydrogen-bond donors (Lipinski definition) is 0. The normalized spacial score (nSPS) is 21.2. The molecule has 0 N–H and O–H groups in total. The molecule has 0 heterocycles. The van der Waals surface area contributed by atoms with E-state index in [1.807, 2.05) is 0 Å². The molecule has 1 aromatic rings. The largest absolute Gasteiger partial charge is 0.300 e. The van der Waals surface area contributed by atoms with Gasteiger partial charge in [-0.05, 0) is 87.2 Å². The van der Waals surface area contributed by atoms with Crippen molar-refractivity contribution in [3.63, 3.8) is 0 Å². The predicted molar refractivity (Wildman–Crippen MR) is 171 cm³/mol. The standard InChI is InChI=1S/C38H54O3/c1-7-8-14-36(40)38(23-11-24-38)37(41)26-35(13-10-9-12-29(4)39)28(3)25-32-17-21-34(22-18-32)31(6)30(5)33-19-15-27(2)16-20-33/h7,17-18,21-22,27,31,33,35H,1,3,5,8-16,19-20,23-26H2,2,4,6H3/t27?,31?,33?,35-/m1/s1. The van der Waals surface area contributed by atoms with Crippen molar-refractivity contribution in [2.75, 3.05) is 0 Å². The highest BCUT2D eigenvalue weighted by Crippen LogP contribution is 2.46. The molecule has 0 aromatic heterocycles. The highest BCUT2D eigenvalue weighted by Gasteiger charge is 2.49. The zero-order valence-electron chi connectivity index (χ0n) is 26.1. The zero-order chi connectivity index (χ0) is 30.0. The summed E-state index contributed by atoms with van der Waals surface area (Å²) >= 11 is 0. The average Bonchev–Trinajstić information content (AvgIpc) is 2.92. The molecule has 0 spiro atoms. The van der Waals surface area contributed by atoms with E-state index in [0.717, 1.165) is 43.6 Å². The van der Waals surface area contributed by atoms with Crippen LogP contribution in [-0.4, -0.2) is 17.3 Å². The fraction of sp³-hybridized carbons (Fsp3) is 0.605. The van der Waals surface area contributed by atoms with Gasteiger partial charge in [-0.3, -0.25) is 9.59 Å². The van der Waals surface area contributed by atoms with Crippen molar-refractivity contribution < 1.29 is 14.4 Å². The first-order valence-corrected chi connectivity index (χ1v) is 16.2. The van der Waals surface area contributed by atoms with Crippen LogP contribution in [0.5, 0.6) is 0 Å². The summed E-state index contributed by atoms with van der Waals surface area (Å²) in [5.74, 6) is 2.21. The number of Topliss-reactive ketones (excluding diaryl/α,β-unsaturated/α-hetero) is 3. The number of ketones is 3. The monoisotopic (exact) mass is 558 g/mol. The Morgan fingerprint density at radius 1 is 0.976 bits per heavy atom. The maximum absolute atomic E-state index is 13.6. The Morgan fingerprint density at radius 3 is 2.20 bits per heavy atom. The van der Waals surface area contributed by atoms with Crippen molar-refractivity contribution in [2.24, 2.45) is 23.2 Å². The molecular weight excluding hydrogens is 504 g/mol. The van der Waals surface area contributed by atoms with E-state index < -0.39 is 5.41 Å². The summed E-state index contributed by atoms with van der Waals surface area (Å²) in [4.78, 5) is 38.2. The number of hydrogen-bond acceptors (Lipinski definition) is 3. The van der Waals surface area contributed by atoms with Crippen LogP contribution in [0.1, 0.15) is 128 Å². The lowest BCUT2D eigenvalue weighted by molar-refractivity contribution is -0.147. The smallest absolute Gasteiger partial charge is 0.147 e. The molecule has 41 heavy (non-hydrogen) atoms.